The lowest BCUT2D eigenvalue weighted by atomic mass is 10.0. The Hall–Kier alpha value is -3.67. The van der Waals surface area contributed by atoms with E-state index in [0.29, 0.717) is 6.04 Å². The maximum Gasteiger partial charge on any atom is 0.260 e. The molecule has 1 amide bonds. The molecule has 1 aliphatic heterocycles. The molecular weight excluding hydrogens is 430 g/mol. The van der Waals surface area contributed by atoms with Crippen molar-refractivity contribution in [2.45, 2.75) is 18.9 Å². The van der Waals surface area contributed by atoms with Gasteiger partial charge in [0.15, 0.2) is 0 Å². The lowest BCUT2D eigenvalue weighted by Crippen LogP contribution is -2.40. The molecule has 0 bridgehead atoms. The summed E-state index contributed by atoms with van der Waals surface area (Å²) in [6, 6.07) is 11.5. The van der Waals surface area contributed by atoms with E-state index in [1.807, 2.05) is 24.4 Å². The van der Waals surface area contributed by atoms with Crippen molar-refractivity contribution < 1.29 is 9.53 Å². The Balaban J connectivity index is 1.34. The predicted octanol–water partition coefficient (Wildman–Crippen LogP) is 2.23. The third-order valence-electron chi connectivity index (χ3n) is 5.88. The van der Waals surface area contributed by atoms with E-state index in [1.54, 1.807) is 13.2 Å². The third-order valence-corrected chi connectivity index (χ3v) is 5.88. The molecule has 0 saturated carbocycles. The molecule has 0 atom stereocenters. The molecule has 3 heterocycles. The Bertz CT molecular complexity index is 1250. The number of fused-ring (bicyclic) bond motifs is 1. The van der Waals surface area contributed by atoms with Crippen LogP contribution >= 0.6 is 0 Å². The highest BCUT2D eigenvalue weighted by molar-refractivity contribution is 5.93. The Kier molecular flexibility index (Phi) is 7.91. The van der Waals surface area contributed by atoms with Crippen LogP contribution in [0.25, 0.3) is 10.9 Å². The number of hydrogen-bond acceptors (Lipinski definition) is 6. The van der Waals surface area contributed by atoms with Gasteiger partial charge in [-0.2, -0.15) is 0 Å². The molecule has 0 spiro atoms. The van der Waals surface area contributed by atoms with Crippen molar-refractivity contribution in [1.82, 2.24) is 20.2 Å². The summed E-state index contributed by atoms with van der Waals surface area (Å²) in [5.41, 5.74) is 2.40. The second kappa shape index (κ2) is 11.5. The number of methoxy groups -OCH3 is 1. The molecule has 0 aliphatic carbocycles. The summed E-state index contributed by atoms with van der Waals surface area (Å²) in [5, 5.41) is 7.28. The van der Waals surface area contributed by atoms with Gasteiger partial charge in [0.05, 0.1) is 30.6 Å². The quantitative estimate of drug-likeness (QED) is 0.469. The van der Waals surface area contributed by atoms with Crippen molar-refractivity contribution in [1.29, 1.82) is 0 Å². The van der Waals surface area contributed by atoms with Crippen LogP contribution in [-0.2, 0) is 4.74 Å². The molecule has 1 aromatic carbocycles. The lowest BCUT2D eigenvalue weighted by Gasteiger charge is -2.32. The van der Waals surface area contributed by atoms with Gasteiger partial charge in [0, 0.05) is 49.9 Å². The number of piperidine rings is 1. The second-order valence-corrected chi connectivity index (χ2v) is 8.28. The molecule has 0 radical (unpaired) electrons. The van der Waals surface area contributed by atoms with Gasteiger partial charge < -0.3 is 25.3 Å². The largest absolute Gasteiger partial charge is 0.383 e. The van der Waals surface area contributed by atoms with Crippen molar-refractivity contribution in [3.8, 4) is 11.8 Å². The molecule has 1 saturated heterocycles. The summed E-state index contributed by atoms with van der Waals surface area (Å²) in [6.07, 6.45) is 5.55. The highest BCUT2D eigenvalue weighted by Gasteiger charge is 2.18. The van der Waals surface area contributed by atoms with Gasteiger partial charge in [0.1, 0.15) is 5.56 Å². The molecule has 4 rings (SSSR count). The number of anilines is 1. The van der Waals surface area contributed by atoms with Crippen LogP contribution in [0.5, 0.6) is 0 Å². The Morgan fingerprint density at radius 1 is 1.26 bits per heavy atom. The van der Waals surface area contributed by atoms with Gasteiger partial charge in [-0.25, -0.2) is 0 Å². The molecule has 176 valence electrons. The molecule has 8 nitrogen and oxygen atoms in total. The molecule has 1 aliphatic rings. The van der Waals surface area contributed by atoms with Crippen LogP contribution in [0.2, 0.25) is 0 Å². The summed E-state index contributed by atoms with van der Waals surface area (Å²) in [7, 11) is 1.74. The maximum absolute atomic E-state index is 12.1. The van der Waals surface area contributed by atoms with E-state index in [9.17, 15) is 9.59 Å². The highest BCUT2D eigenvalue weighted by atomic mass is 16.5. The van der Waals surface area contributed by atoms with Crippen LogP contribution in [0.4, 0.5) is 5.69 Å². The number of aromatic amines is 1. The number of rotatable bonds is 7. The minimum Gasteiger partial charge on any atom is -0.383 e. The van der Waals surface area contributed by atoms with Crippen LogP contribution in [0, 0.1) is 11.8 Å². The monoisotopic (exact) mass is 459 g/mol. The summed E-state index contributed by atoms with van der Waals surface area (Å²) in [5.74, 6) is 5.56. The first-order valence-corrected chi connectivity index (χ1v) is 11.4. The topological polar surface area (TPSA) is 99.3 Å². The van der Waals surface area contributed by atoms with Crippen molar-refractivity contribution in [3.63, 3.8) is 0 Å². The maximum atomic E-state index is 12.1. The van der Waals surface area contributed by atoms with Crippen LogP contribution < -0.4 is 16.2 Å². The summed E-state index contributed by atoms with van der Waals surface area (Å²) in [4.78, 5) is 33.3. The van der Waals surface area contributed by atoms with E-state index >= 15 is 0 Å². The number of amides is 1. The zero-order chi connectivity index (χ0) is 23.8. The number of carbonyl (C=O) groups is 1. The second-order valence-electron chi connectivity index (χ2n) is 8.28. The fourth-order valence-corrected chi connectivity index (χ4v) is 4.01. The van der Waals surface area contributed by atoms with Gasteiger partial charge >= 0.3 is 0 Å². The number of aromatic nitrogens is 2. The highest BCUT2D eigenvalue weighted by Crippen LogP contribution is 2.21. The molecule has 8 heteroatoms. The first kappa shape index (κ1) is 23.5. The summed E-state index contributed by atoms with van der Waals surface area (Å²) in [6.45, 7) is 4.04. The van der Waals surface area contributed by atoms with E-state index in [0.717, 1.165) is 61.2 Å². The van der Waals surface area contributed by atoms with E-state index in [1.165, 1.54) is 12.3 Å². The molecule has 1 fully saturated rings. The fourth-order valence-electron chi connectivity index (χ4n) is 4.01. The van der Waals surface area contributed by atoms with Crippen molar-refractivity contribution >= 4 is 22.5 Å². The smallest absolute Gasteiger partial charge is 0.260 e. The Morgan fingerprint density at radius 3 is 2.91 bits per heavy atom. The number of nitrogens with zero attached hydrogens (tertiary/aromatic N) is 2. The van der Waals surface area contributed by atoms with Gasteiger partial charge in [-0.05, 0) is 49.2 Å². The molecule has 2 aromatic heterocycles. The SMILES string of the molecule is COCCN1CCC(Nc2cnc3ccc(C#CCNC(=O)c4ccc[nH]c4=O)cc3c2)CC1. The average Bonchev–Trinajstić information content (AvgIpc) is 2.86. The molecule has 34 heavy (non-hydrogen) atoms. The van der Waals surface area contributed by atoms with E-state index in [2.05, 4.69) is 43.4 Å². The van der Waals surface area contributed by atoms with Crippen LogP contribution in [-0.4, -0.2) is 66.7 Å². The van der Waals surface area contributed by atoms with E-state index < -0.39 is 11.5 Å². The first-order chi connectivity index (χ1) is 16.6. The number of nitrogens with one attached hydrogen (secondary N) is 3. The zero-order valence-corrected chi connectivity index (χ0v) is 19.3. The number of H-pyrrole nitrogens is 1. The van der Waals surface area contributed by atoms with E-state index in [-0.39, 0.29) is 12.1 Å². The molecule has 3 aromatic rings. The van der Waals surface area contributed by atoms with E-state index in [4.69, 9.17) is 4.74 Å². The number of pyridine rings is 2. The standard InChI is InChI=1S/C26H29N5O3/c1-34-15-14-31-12-8-21(9-13-31)30-22-17-20-16-19(6-7-24(20)29-18-22)4-2-10-27-25(32)23-5-3-11-28-26(23)33/h3,5-7,11,16-18,21,30H,8-10,12-15H2,1H3,(H,27,32)(H,28,33). The Labute approximate surface area is 198 Å². The van der Waals surface area contributed by atoms with Gasteiger partial charge in [0.25, 0.3) is 11.5 Å². The number of carbonyl (C=O) groups excluding carboxylic acids is 1. The van der Waals surface area contributed by atoms with Crippen molar-refractivity contribution in [2.24, 2.45) is 0 Å². The average molecular weight is 460 g/mol. The summed E-state index contributed by atoms with van der Waals surface area (Å²) >= 11 is 0. The van der Waals surface area contributed by atoms with Gasteiger partial charge in [-0.15, -0.1) is 0 Å². The van der Waals surface area contributed by atoms with Crippen LogP contribution in [0.1, 0.15) is 28.8 Å². The van der Waals surface area contributed by atoms with Crippen molar-refractivity contribution in [3.05, 3.63) is 70.3 Å². The van der Waals surface area contributed by atoms with Gasteiger partial charge in [-0.1, -0.05) is 11.8 Å². The fraction of sp³-hybridized carbons (Fsp3) is 0.346. The van der Waals surface area contributed by atoms with Crippen LogP contribution in [0.15, 0.2) is 53.6 Å². The first-order valence-electron chi connectivity index (χ1n) is 11.4. The Morgan fingerprint density at radius 2 is 2.12 bits per heavy atom. The van der Waals surface area contributed by atoms with Gasteiger partial charge in [-0.3, -0.25) is 14.6 Å². The number of benzene rings is 1. The minimum absolute atomic E-state index is 0.0711. The number of ether oxygens (including phenoxy) is 1. The number of likely N-dealkylation sites (tertiary alicyclic amines) is 1. The normalized spacial score (nSPS) is 14.4. The molecular formula is C26H29N5O3. The van der Waals surface area contributed by atoms with Gasteiger partial charge in [0.2, 0.25) is 0 Å². The summed E-state index contributed by atoms with van der Waals surface area (Å²) < 4.78 is 5.18. The van der Waals surface area contributed by atoms with Crippen molar-refractivity contribution in [2.75, 3.05) is 45.2 Å². The predicted molar refractivity (Wildman–Crippen MR) is 133 cm³/mol. The number of hydrogen-bond donors (Lipinski definition) is 3. The zero-order valence-electron chi connectivity index (χ0n) is 19.3. The molecule has 0 unspecified atom stereocenters. The molecule has 3 N–H and O–H groups in total. The van der Waals surface area contributed by atoms with Crippen LogP contribution in [0.3, 0.4) is 0 Å². The lowest BCUT2D eigenvalue weighted by molar-refractivity contribution is 0.0957. The minimum atomic E-state index is -0.445. The third kappa shape index (κ3) is 6.22.